The van der Waals surface area contributed by atoms with Gasteiger partial charge in [-0.05, 0) is 105 Å². The normalized spacial score (nSPS) is 16.3. The van der Waals surface area contributed by atoms with Crippen LogP contribution in [0.2, 0.25) is 0 Å². The number of aryl methyl sites for hydroxylation is 1. The number of hydrogen-bond donors (Lipinski definition) is 0. The summed E-state index contributed by atoms with van der Waals surface area (Å²) in [6, 6.07) is 99.2. The molecule has 0 aromatic heterocycles. The van der Waals surface area contributed by atoms with Gasteiger partial charge in [-0.2, -0.15) is 0 Å². The molecule has 80 heavy (non-hydrogen) atoms. The van der Waals surface area contributed by atoms with E-state index < -0.39 is 39.6 Å². The van der Waals surface area contributed by atoms with E-state index in [1.807, 2.05) is 79.7 Å². The predicted octanol–water partition coefficient (Wildman–Crippen LogP) is 18.3. The minimum absolute atomic E-state index is 0.447. The van der Waals surface area contributed by atoms with Crippen LogP contribution in [0.3, 0.4) is 0 Å². The molecule has 0 unspecified atom stereocenters. The standard InChI is InChI=1S/C71H56O7P2/c1-3-72-66-50-52(2)64-51-61(73-79-75-68(53-30-12-4-13-31-53,54-32-14-5-15-33-54)69(76-79,55-34-16-6-17-35-55)56-36-18-7-19-37-56)48-49-62(64)67(66)63-46-28-29-47-65(63)74-80-77-70(57-38-20-8-21-39-57,58-40-22-9-23-41-58)71(78-80,59-42-24-10-25-43-59)60-44-26-11-27-45-60/h4-51H,3H2,1-2H3. The van der Waals surface area contributed by atoms with Crippen molar-refractivity contribution in [3.05, 3.63) is 341 Å². The van der Waals surface area contributed by atoms with Crippen LogP contribution >= 0.6 is 17.2 Å². The molecule has 0 spiro atoms. The van der Waals surface area contributed by atoms with Crippen molar-refractivity contribution in [2.24, 2.45) is 0 Å². The van der Waals surface area contributed by atoms with E-state index in [-0.39, 0.29) is 0 Å². The second-order valence-corrected chi connectivity index (χ2v) is 21.8. The molecule has 13 rings (SSSR count). The first-order valence-electron chi connectivity index (χ1n) is 26.9. The minimum Gasteiger partial charge on any atom is -0.493 e. The Labute approximate surface area is 469 Å². The molecular weight excluding hydrogens is 1030 g/mol. The lowest BCUT2D eigenvalue weighted by Gasteiger charge is -2.43. The molecule has 0 saturated carbocycles. The van der Waals surface area contributed by atoms with E-state index in [0.717, 1.165) is 72.0 Å². The van der Waals surface area contributed by atoms with Crippen molar-refractivity contribution >= 4 is 28.0 Å². The zero-order chi connectivity index (χ0) is 54.0. The summed E-state index contributed by atoms with van der Waals surface area (Å²) >= 11 is 0. The SMILES string of the molecule is CCOc1cc(C)c2cc(OP3OC(c4ccccc4)(c4ccccc4)C(c4ccccc4)(c4ccccc4)O3)ccc2c1-c1ccccc1OP1OC(c2ccccc2)(c2ccccc2)C(c2ccccc2)(c2ccccc2)O1. The molecule has 0 aliphatic carbocycles. The van der Waals surface area contributed by atoms with Crippen LogP contribution in [0.5, 0.6) is 17.2 Å². The number of hydrogen-bond acceptors (Lipinski definition) is 7. The maximum atomic E-state index is 7.60. The summed E-state index contributed by atoms with van der Waals surface area (Å²) in [6.45, 7) is 4.55. The van der Waals surface area contributed by atoms with Crippen molar-refractivity contribution in [2.75, 3.05) is 6.61 Å². The van der Waals surface area contributed by atoms with Gasteiger partial charge in [0, 0.05) is 11.1 Å². The quantitative estimate of drug-likeness (QED) is 0.0948. The largest absolute Gasteiger partial charge is 0.493 e. The highest BCUT2D eigenvalue weighted by Gasteiger charge is 2.68. The Balaban J connectivity index is 0.926. The van der Waals surface area contributed by atoms with Crippen LogP contribution in [0.25, 0.3) is 21.9 Å². The van der Waals surface area contributed by atoms with Crippen molar-refractivity contribution in [1.29, 1.82) is 0 Å². The molecule has 2 fully saturated rings. The van der Waals surface area contributed by atoms with Crippen molar-refractivity contribution in [1.82, 2.24) is 0 Å². The summed E-state index contributed by atoms with van der Waals surface area (Å²) in [6.07, 6.45) is 0. The summed E-state index contributed by atoms with van der Waals surface area (Å²) < 4.78 is 51.2. The Kier molecular flexibility index (Phi) is 14.0. The van der Waals surface area contributed by atoms with Gasteiger partial charge >= 0.3 is 17.2 Å². The molecule has 7 nitrogen and oxygen atoms in total. The molecule has 0 radical (unpaired) electrons. The van der Waals surface area contributed by atoms with Gasteiger partial charge in [-0.25, -0.2) is 0 Å². The van der Waals surface area contributed by atoms with Gasteiger partial charge in [0.25, 0.3) is 0 Å². The van der Waals surface area contributed by atoms with Gasteiger partial charge in [0.1, 0.15) is 17.2 Å². The summed E-state index contributed by atoms with van der Waals surface area (Å²) in [5, 5.41) is 1.90. The molecule has 2 heterocycles. The van der Waals surface area contributed by atoms with Crippen LogP contribution in [0.4, 0.5) is 0 Å². The molecule has 9 heteroatoms. The van der Waals surface area contributed by atoms with E-state index in [1.54, 1.807) is 0 Å². The highest BCUT2D eigenvalue weighted by molar-refractivity contribution is 7.42. The van der Waals surface area contributed by atoms with Crippen LogP contribution in [0.15, 0.2) is 291 Å². The van der Waals surface area contributed by atoms with Crippen LogP contribution in [-0.4, -0.2) is 6.61 Å². The summed E-state index contributed by atoms with van der Waals surface area (Å²) in [4.78, 5) is 0. The molecule has 2 saturated heterocycles. The maximum Gasteiger partial charge on any atom is 0.400 e. The fourth-order valence-electron chi connectivity index (χ4n) is 12.0. The highest BCUT2D eigenvalue weighted by atomic mass is 31.2. The van der Waals surface area contributed by atoms with E-state index in [4.69, 9.17) is 31.9 Å². The van der Waals surface area contributed by atoms with Gasteiger partial charge in [0.15, 0.2) is 22.4 Å². The summed E-state index contributed by atoms with van der Waals surface area (Å²) in [7, 11) is -4.24. The molecule has 0 N–H and O–H groups in total. The fourth-order valence-corrected chi connectivity index (χ4v) is 15.1. The lowest BCUT2D eigenvalue weighted by atomic mass is 9.66. The third-order valence-electron chi connectivity index (χ3n) is 15.4. The van der Waals surface area contributed by atoms with E-state index in [1.165, 1.54) is 0 Å². The zero-order valence-electron chi connectivity index (χ0n) is 44.2. The number of benzene rings is 11. The lowest BCUT2D eigenvalue weighted by molar-refractivity contribution is 0.00370. The molecule has 0 amide bonds. The monoisotopic (exact) mass is 1080 g/mol. The summed E-state index contributed by atoms with van der Waals surface area (Å²) in [5.74, 6) is 1.88. The third-order valence-corrected chi connectivity index (χ3v) is 17.8. The Hall–Kier alpha value is -8.22. The van der Waals surface area contributed by atoms with Crippen LogP contribution in [0, 0.1) is 6.92 Å². The first kappa shape index (κ1) is 51.2. The number of rotatable bonds is 15. The Morgan fingerprint density at radius 3 is 0.975 bits per heavy atom. The van der Waals surface area contributed by atoms with Gasteiger partial charge in [0.2, 0.25) is 0 Å². The number of ether oxygens (including phenoxy) is 1. The van der Waals surface area contributed by atoms with Crippen molar-refractivity contribution in [2.45, 2.75) is 36.3 Å². The van der Waals surface area contributed by atoms with Crippen molar-refractivity contribution in [3.8, 4) is 28.4 Å². The van der Waals surface area contributed by atoms with E-state index in [0.29, 0.717) is 23.9 Å². The molecule has 392 valence electrons. The van der Waals surface area contributed by atoms with Gasteiger partial charge in [-0.3, -0.25) is 18.1 Å². The number of para-hydroxylation sites is 1. The summed E-state index contributed by atoms with van der Waals surface area (Å²) in [5.41, 5.74) is 5.32. The topological polar surface area (TPSA) is 64.6 Å². The molecule has 11 aromatic rings. The Morgan fingerprint density at radius 2 is 0.637 bits per heavy atom. The van der Waals surface area contributed by atoms with Crippen molar-refractivity contribution in [3.63, 3.8) is 0 Å². The van der Waals surface area contributed by atoms with Crippen LogP contribution in [-0.2, 0) is 40.5 Å². The average Bonchev–Trinajstić information content (AvgIpc) is 4.11. The number of fused-ring (bicyclic) bond motifs is 1. The van der Waals surface area contributed by atoms with Gasteiger partial charge in [0.05, 0.1) is 6.61 Å². The smallest absolute Gasteiger partial charge is 0.400 e. The van der Waals surface area contributed by atoms with E-state index >= 15 is 0 Å². The third kappa shape index (κ3) is 8.52. The Morgan fingerprint density at radius 1 is 0.325 bits per heavy atom. The van der Waals surface area contributed by atoms with Crippen molar-refractivity contribution < 1.29 is 31.9 Å². The lowest BCUT2D eigenvalue weighted by Crippen LogP contribution is -2.48. The molecular formula is C71H56O7P2. The van der Waals surface area contributed by atoms with Crippen LogP contribution in [0.1, 0.15) is 57.0 Å². The Bertz CT molecular complexity index is 3540. The second-order valence-electron chi connectivity index (χ2n) is 19.9. The van der Waals surface area contributed by atoms with Gasteiger partial charge in [-0.15, -0.1) is 0 Å². The van der Waals surface area contributed by atoms with Gasteiger partial charge in [-0.1, -0.05) is 261 Å². The van der Waals surface area contributed by atoms with Crippen LogP contribution < -0.4 is 13.8 Å². The average molecular weight is 1080 g/mol. The zero-order valence-corrected chi connectivity index (χ0v) is 46.0. The maximum absolute atomic E-state index is 7.60. The molecule has 0 atom stereocenters. The molecule has 0 bridgehead atoms. The second kappa shape index (κ2) is 21.8. The molecule has 2 aliphatic rings. The van der Waals surface area contributed by atoms with E-state index in [2.05, 4.69) is 225 Å². The molecule has 11 aromatic carbocycles. The minimum atomic E-state index is -2.15. The highest BCUT2D eigenvalue weighted by Crippen LogP contribution is 2.72. The first-order valence-corrected chi connectivity index (χ1v) is 29.1. The molecule has 2 aliphatic heterocycles. The fraction of sp³-hybridized carbons (Fsp3) is 0.0986. The van der Waals surface area contributed by atoms with E-state index in [9.17, 15) is 0 Å². The van der Waals surface area contributed by atoms with Gasteiger partial charge < -0.3 is 13.8 Å². The first-order chi connectivity index (χ1) is 39.5. The predicted molar refractivity (Wildman–Crippen MR) is 319 cm³/mol.